The smallest absolute Gasteiger partial charge is 0.257 e. The third-order valence-corrected chi connectivity index (χ3v) is 7.04. The summed E-state index contributed by atoms with van der Waals surface area (Å²) < 4.78 is 14.7. The minimum absolute atomic E-state index is 0.0493. The van der Waals surface area contributed by atoms with Crippen LogP contribution in [0.3, 0.4) is 0 Å². The second kappa shape index (κ2) is 8.93. The van der Waals surface area contributed by atoms with Crippen LogP contribution >= 0.6 is 22.6 Å². The number of allylic oxidation sites excluding steroid dienone is 3. The number of rotatable bonds is 6. The van der Waals surface area contributed by atoms with Crippen LogP contribution in [0.4, 0.5) is 0 Å². The summed E-state index contributed by atoms with van der Waals surface area (Å²) >= 11 is 2.23. The summed E-state index contributed by atoms with van der Waals surface area (Å²) in [5, 5.41) is 5.64. The molecular weight excluding hydrogens is 523 g/mol. The number of carbonyl (C=O) groups excluding carboxylic acids is 2. The fraction of sp³-hybridized carbons (Fsp3) is 0.478. The molecule has 168 valence electrons. The van der Waals surface area contributed by atoms with Crippen LogP contribution in [0.15, 0.2) is 36.1 Å². The Balaban J connectivity index is 1.24. The number of halogens is 1. The van der Waals surface area contributed by atoms with Crippen molar-refractivity contribution in [2.24, 2.45) is 5.92 Å². The first-order chi connectivity index (χ1) is 15.5. The Hall–Kier alpha value is -2.27. The van der Waals surface area contributed by atoms with Crippen molar-refractivity contribution in [2.75, 3.05) is 13.2 Å². The molecule has 0 aromatic carbocycles. The van der Waals surface area contributed by atoms with Crippen molar-refractivity contribution in [1.29, 1.82) is 0 Å². The van der Waals surface area contributed by atoms with Crippen molar-refractivity contribution in [3.63, 3.8) is 0 Å². The second-order valence-corrected chi connectivity index (χ2v) is 9.47. The van der Waals surface area contributed by atoms with E-state index in [2.05, 4.69) is 32.7 Å². The van der Waals surface area contributed by atoms with Crippen LogP contribution in [-0.4, -0.2) is 50.7 Å². The molecule has 2 amide bonds. The van der Waals surface area contributed by atoms with Gasteiger partial charge >= 0.3 is 0 Å². The lowest BCUT2D eigenvalue weighted by atomic mass is 9.94. The maximum atomic E-state index is 12.6. The first kappa shape index (κ1) is 21.6. The fourth-order valence-electron chi connectivity index (χ4n) is 4.50. The van der Waals surface area contributed by atoms with Gasteiger partial charge in [-0.1, -0.05) is 18.2 Å². The van der Waals surface area contributed by atoms with Gasteiger partial charge in [0, 0.05) is 36.6 Å². The van der Waals surface area contributed by atoms with E-state index >= 15 is 0 Å². The van der Waals surface area contributed by atoms with Crippen molar-refractivity contribution in [2.45, 2.75) is 51.4 Å². The van der Waals surface area contributed by atoms with Gasteiger partial charge in [0.15, 0.2) is 6.23 Å². The molecule has 2 aromatic rings. The number of carbonyl (C=O) groups is 2. The lowest BCUT2D eigenvalue weighted by Crippen LogP contribution is -2.33. The third-order valence-electron chi connectivity index (χ3n) is 6.25. The lowest BCUT2D eigenvalue weighted by molar-refractivity contribution is -0.139. The number of amides is 2. The molecule has 0 bridgehead atoms. The molecule has 8 nitrogen and oxygen atoms in total. The van der Waals surface area contributed by atoms with E-state index in [0.717, 1.165) is 40.5 Å². The van der Waals surface area contributed by atoms with Gasteiger partial charge in [-0.05, 0) is 55.2 Å². The molecule has 2 unspecified atom stereocenters. The van der Waals surface area contributed by atoms with Gasteiger partial charge in [0.25, 0.3) is 5.91 Å². The molecule has 32 heavy (non-hydrogen) atoms. The van der Waals surface area contributed by atoms with Crippen molar-refractivity contribution in [1.82, 2.24) is 19.7 Å². The van der Waals surface area contributed by atoms with Crippen LogP contribution in [0, 0.1) is 9.62 Å². The fourth-order valence-corrected chi connectivity index (χ4v) is 5.16. The largest absolute Gasteiger partial charge is 0.475 e. The summed E-state index contributed by atoms with van der Waals surface area (Å²) in [7, 11) is 0. The van der Waals surface area contributed by atoms with Gasteiger partial charge in [-0.15, -0.1) is 0 Å². The minimum Gasteiger partial charge on any atom is -0.475 e. The number of hydrogen-bond donors (Lipinski definition) is 0. The number of pyridine rings is 1. The summed E-state index contributed by atoms with van der Waals surface area (Å²) in [6.45, 7) is 3.02. The van der Waals surface area contributed by atoms with Crippen LogP contribution in [0.2, 0.25) is 0 Å². The number of ether oxygens (including phenoxy) is 2. The zero-order valence-corrected chi connectivity index (χ0v) is 20.0. The van der Waals surface area contributed by atoms with Crippen molar-refractivity contribution >= 4 is 45.3 Å². The Labute approximate surface area is 199 Å². The van der Waals surface area contributed by atoms with E-state index < -0.39 is 0 Å². The Morgan fingerprint density at radius 3 is 3.00 bits per heavy atom. The summed E-state index contributed by atoms with van der Waals surface area (Å²) in [5.74, 6) is -0.0986. The van der Waals surface area contributed by atoms with E-state index in [1.54, 1.807) is 12.3 Å². The molecule has 3 atom stereocenters. The monoisotopic (exact) mass is 548 g/mol. The molecule has 3 aliphatic rings. The number of hydrogen-bond acceptors (Lipinski definition) is 6. The molecule has 2 fully saturated rings. The Bertz CT molecular complexity index is 1120. The van der Waals surface area contributed by atoms with E-state index in [9.17, 15) is 9.59 Å². The lowest BCUT2D eigenvalue weighted by Gasteiger charge is -2.23. The van der Waals surface area contributed by atoms with Crippen LogP contribution in [0.5, 0.6) is 5.88 Å². The SMILES string of the molecule is C[C@H](CCN1C(=O)C2=CC=CCC2C1=O)Oc1cc2c(I)nn(C3CCCCO3)c2cn1. The van der Waals surface area contributed by atoms with Gasteiger partial charge in [-0.25, -0.2) is 9.67 Å². The standard InChI is InChI=1S/C23H25IN4O4/c1-14(9-10-27-22(29)15-6-2-3-7-16(15)23(27)30)32-19-12-17-18(13-25-19)28(26-21(17)24)20-8-4-5-11-31-20/h2-3,6,12-14,16,20H,4-5,7-11H2,1H3/t14-,16?,20?/m1/s1. The number of nitrogens with zero attached hydrogens (tertiary/aromatic N) is 4. The normalized spacial score (nSPS) is 24.1. The average molecular weight is 548 g/mol. The van der Waals surface area contributed by atoms with Crippen molar-refractivity contribution in [3.05, 3.63) is 39.8 Å². The molecule has 0 N–H and O–H groups in total. The zero-order chi connectivity index (χ0) is 22.2. The van der Waals surface area contributed by atoms with Gasteiger partial charge < -0.3 is 9.47 Å². The maximum absolute atomic E-state index is 12.6. The van der Waals surface area contributed by atoms with Gasteiger partial charge in [0.1, 0.15) is 3.70 Å². The van der Waals surface area contributed by atoms with Crippen LogP contribution < -0.4 is 4.74 Å². The quantitative estimate of drug-likeness (QED) is 0.404. The molecule has 5 rings (SSSR count). The highest BCUT2D eigenvalue weighted by Gasteiger charge is 2.42. The van der Waals surface area contributed by atoms with Gasteiger partial charge in [-0.3, -0.25) is 14.5 Å². The summed E-state index contributed by atoms with van der Waals surface area (Å²) in [6, 6.07) is 1.90. The van der Waals surface area contributed by atoms with Gasteiger partial charge in [0.2, 0.25) is 11.8 Å². The highest BCUT2D eigenvalue weighted by Crippen LogP contribution is 2.32. The minimum atomic E-state index is -0.320. The van der Waals surface area contributed by atoms with E-state index in [1.165, 1.54) is 4.90 Å². The molecular formula is C23H25IN4O4. The molecule has 2 aliphatic heterocycles. The van der Waals surface area contributed by atoms with Crippen LogP contribution in [0.25, 0.3) is 10.9 Å². The zero-order valence-electron chi connectivity index (χ0n) is 17.9. The molecule has 0 radical (unpaired) electrons. The van der Waals surface area contributed by atoms with E-state index in [4.69, 9.17) is 9.47 Å². The van der Waals surface area contributed by atoms with Gasteiger partial charge in [0.05, 0.1) is 23.7 Å². The first-order valence-electron chi connectivity index (χ1n) is 11.1. The highest BCUT2D eigenvalue weighted by molar-refractivity contribution is 14.1. The van der Waals surface area contributed by atoms with E-state index in [0.29, 0.717) is 30.8 Å². The van der Waals surface area contributed by atoms with Crippen molar-refractivity contribution < 1.29 is 19.1 Å². The molecule has 4 heterocycles. The first-order valence-corrected chi connectivity index (χ1v) is 12.1. The van der Waals surface area contributed by atoms with Gasteiger partial charge in [-0.2, -0.15) is 5.10 Å². The third kappa shape index (κ3) is 3.96. The number of aromatic nitrogens is 3. The Morgan fingerprint density at radius 1 is 1.34 bits per heavy atom. The molecule has 2 aromatic heterocycles. The second-order valence-electron chi connectivity index (χ2n) is 8.45. The molecule has 1 aliphatic carbocycles. The number of imide groups is 1. The van der Waals surface area contributed by atoms with E-state index in [-0.39, 0.29) is 30.1 Å². The van der Waals surface area contributed by atoms with Crippen molar-refractivity contribution in [3.8, 4) is 5.88 Å². The summed E-state index contributed by atoms with van der Waals surface area (Å²) in [6.07, 6.45) is 11.4. The average Bonchev–Trinajstić information content (AvgIpc) is 3.27. The Morgan fingerprint density at radius 2 is 2.22 bits per heavy atom. The molecule has 2 saturated heterocycles. The molecule has 0 spiro atoms. The highest BCUT2D eigenvalue weighted by atomic mass is 127. The maximum Gasteiger partial charge on any atom is 0.257 e. The predicted molar refractivity (Wildman–Crippen MR) is 126 cm³/mol. The van der Waals surface area contributed by atoms with E-state index in [1.807, 2.05) is 29.8 Å². The summed E-state index contributed by atoms with van der Waals surface area (Å²) in [4.78, 5) is 31.0. The number of likely N-dealkylation sites (tertiary alicyclic amines) is 1. The summed E-state index contributed by atoms with van der Waals surface area (Å²) in [5.41, 5.74) is 1.53. The number of fused-ring (bicyclic) bond motifs is 2. The molecule has 0 saturated carbocycles. The molecule has 9 heteroatoms. The topological polar surface area (TPSA) is 86.6 Å². The van der Waals surface area contributed by atoms with Crippen LogP contribution in [0.1, 0.15) is 45.3 Å². The Kier molecular flexibility index (Phi) is 6.02. The predicted octanol–water partition coefficient (Wildman–Crippen LogP) is 3.76. The van der Waals surface area contributed by atoms with Crippen LogP contribution in [-0.2, 0) is 14.3 Å².